The summed E-state index contributed by atoms with van der Waals surface area (Å²) in [6.45, 7) is 0.651. The number of nitrogens with zero attached hydrogens (tertiary/aromatic N) is 3. The number of carbonyl (C=O) groups is 2. The first-order valence-corrected chi connectivity index (χ1v) is 10.9. The Hall–Kier alpha value is -3.66. The standard InChI is InChI=1S/C22H20N4O5S/c1-29-15-5-2-4-13(10-15)20-24-25-22(32-20)23-19(27)16-6-3-9-26(16)21(28)14-7-8-17-18(11-14)31-12-30-17/h2,4-5,7-8,10-11,16H,3,6,9,12H2,1H3,(H,23,25,27). The van der Waals surface area contributed by atoms with Crippen molar-refractivity contribution < 1.29 is 23.8 Å². The lowest BCUT2D eigenvalue weighted by molar-refractivity contribution is -0.119. The molecule has 0 bridgehead atoms. The average molecular weight is 452 g/mol. The summed E-state index contributed by atoms with van der Waals surface area (Å²) in [6, 6.07) is 12.0. The molecule has 10 heteroatoms. The third-order valence-corrected chi connectivity index (χ3v) is 6.30. The molecule has 3 aromatic rings. The fourth-order valence-corrected chi connectivity index (χ4v) is 4.56. The summed E-state index contributed by atoms with van der Waals surface area (Å²) < 4.78 is 15.9. The molecule has 2 aromatic carbocycles. The monoisotopic (exact) mass is 452 g/mol. The summed E-state index contributed by atoms with van der Waals surface area (Å²) in [5.74, 6) is 1.38. The van der Waals surface area contributed by atoms with Gasteiger partial charge in [0.2, 0.25) is 17.8 Å². The lowest BCUT2D eigenvalue weighted by Gasteiger charge is -2.23. The van der Waals surface area contributed by atoms with E-state index in [1.165, 1.54) is 11.3 Å². The van der Waals surface area contributed by atoms with E-state index in [0.29, 0.717) is 45.9 Å². The van der Waals surface area contributed by atoms with Gasteiger partial charge in [-0.2, -0.15) is 0 Å². The van der Waals surface area contributed by atoms with Crippen molar-refractivity contribution in [2.45, 2.75) is 18.9 Å². The number of rotatable bonds is 5. The van der Waals surface area contributed by atoms with Crippen molar-refractivity contribution in [3.63, 3.8) is 0 Å². The molecule has 0 aliphatic carbocycles. The minimum absolute atomic E-state index is 0.140. The van der Waals surface area contributed by atoms with Crippen LogP contribution >= 0.6 is 11.3 Å². The van der Waals surface area contributed by atoms with Gasteiger partial charge in [0.05, 0.1) is 7.11 Å². The van der Waals surface area contributed by atoms with Crippen LogP contribution in [0, 0.1) is 0 Å². The number of ether oxygens (including phenoxy) is 3. The molecule has 1 saturated heterocycles. The molecule has 3 heterocycles. The Labute approximate surface area is 187 Å². The van der Waals surface area contributed by atoms with Gasteiger partial charge in [-0.3, -0.25) is 14.9 Å². The summed E-state index contributed by atoms with van der Waals surface area (Å²) in [7, 11) is 1.60. The van der Waals surface area contributed by atoms with Gasteiger partial charge < -0.3 is 19.1 Å². The average Bonchev–Trinajstić information content (AvgIpc) is 3.58. The number of benzene rings is 2. The van der Waals surface area contributed by atoms with Crippen LogP contribution < -0.4 is 19.5 Å². The second-order valence-electron chi connectivity index (χ2n) is 7.36. The molecule has 5 rings (SSSR count). The molecule has 32 heavy (non-hydrogen) atoms. The summed E-state index contributed by atoms with van der Waals surface area (Å²) in [5, 5.41) is 12.1. The van der Waals surface area contributed by atoms with Crippen LogP contribution in [0.25, 0.3) is 10.6 Å². The zero-order valence-corrected chi connectivity index (χ0v) is 18.1. The van der Waals surface area contributed by atoms with Crippen molar-refractivity contribution >= 4 is 28.3 Å². The molecule has 2 aliphatic rings. The van der Waals surface area contributed by atoms with Crippen molar-refractivity contribution in [1.29, 1.82) is 0 Å². The highest BCUT2D eigenvalue weighted by Crippen LogP contribution is 2.34. The summed E-state index contributed by atoms with van der Waals surface area (Å²) in [6.07, 6.45) is 1.34. The fourth-order valence-electron chi connectivity index (χ4n) is 3.81. The molecule has 1 fully saturated rings. The van der Waals surface area contributed by atoms with E-state index in [0.717, 1.165) is 12.0 Å². The molecular weight excluding hydrogens is 432 g/mol. The lowest BCUT2D eigenvalue weighted by Crippen LogP contribution is -2.43. The lowest BCUT2D eigenvalue weighted by atomic mass is 10.1. The molecule has 0 spiro atoms. The maximum atomic E-state index is 13.1. The quantitative estimate of drug-likeness (QED) is 0.634. The van der Waals surface area contributed by atoms with E-state index < -0.39 is 6.04 Å². The van der Waals surface area contributed by atoms with E-state index in [2.05, 4.69) is 15.5 Å². The Balaban J connectivity index is 1.29. The maximum absolute atomic E-state index is 13.1. The van der Waals surface area contributed by atoms with Crippen LogP contribution in [0.2, 0.25) is 0 Å². The number of likely N-dealkylation sites (tertiary alicyclic amines) is 1. The predicted octanol–water partition coefficient (Wildman–Crippen LogP) is 3.19. The van der Waals surface area contributed by atoms with Gasteiger partial charge in [0.25, 0.3) is 5.91 Å². The summed E-state index contributed by atoms with van der Waals surface area (Å²) >= 11 is 1.27. The van der Waals surface area contributed by atoms with Crippen molar-refractivity contribution in [2.24, 2.45) is 0 Å². The highest BCUT2D eigenvalue weighted by atomic mass is 32.1. The Bertz CT molecular complexity index is 1180. The van der Waals surface area contributed by atoms with Crippen molar-refractivity contribution in [2.75, 3.05) is 25.8 Å². The van der Waals surface area contributed by atoms with Crippen molar-refractivity contribution in [3.05, 3.63) is 48.0 Å². The maximum Gasteiger partial charge on any atom is 0.254 e. The predicted molar refractivity (Wildman–Crippen MR) is 117 cm³/mol. The number of aromatic nitrogens is 2. The first-order valence-electron chi connectivity index (χ1n) is 10.1. The van der Waals surface area contributed by atoms with E-state index >= 15 is 0 Å². The number of nitrogens with one attached hydrogen (secondary N) is 1. The third kappa shape index (κ3) is 3.84. The molecule has 0 radical (unpaired) electrons. The van der Waals surface area contributed by atoms with Gasteiger partial charge in [0, 0.05) is 17.7 Å². The topological polar surface area (TPSA) is 103 Å². The zero-order chi connectivity index (χ0) is 22.1. The van der Waals surface area contributed by atoms with Crippen LogP contribution in [0.4, 0.5) is 5.13 Å². The number of anilines is 1. The Morgan fingerprint density at radius 2 is 2.03 bits per heavy atom. The van der Waals surface area contributed by atoms with Crippen LogP contribution in [0.3, 0.4) is 0 Å². The van der Waals surface area contributed by atoms with Crippen molar-refractivity contribution in [1.82, 2.24) is 15.1 Å². The van der Waals surface area contributed by atoms with Crippen LogP contribution in [-0.2, 0) is 4.79 Å². The Kier molecular flexibility index (Phi) is 5.36. The fraction of sp³-hybridized carbons (Fsp3) is 0.273. The molecule has 1 aromatic heterocycles. The summed E-state index contributed by atoms with van der Waals surface area (Å²) in [4.78, 5) is 27.6. The van der Waals surface area contributed by atoms with E-state index in [1.807, 2.05) is 24.3 Å². The molecular formula is C22H20N4O5S. The van der Waals surface area contributed by atoms with E-state index in [-0.39, 0.29) is 18.6 Å². The van der Waals surface area contributed by atoms with Gasteiger partial charge in [0.1, 0.15) is 16.8 Å². The second kappa shape index (κ2) is 8.46. The molecule has 1 atom stereocenters. The number of hydrogen-bond acceptors (Lipinski definition) is 8. The van der Waals surface area contributed by atoms with E-state index in [4.69, 9.17) is 14.2 Å². The minimum atomic E-state index is -0.572. The molecule has 1 N–H and O–H groups in total. The normalized spacial score (nSPS) is 16.8. The van der Waals surface area contributed by atoms with Crippen molar-refractivity contribution in [3.8, 4) is 27.8 Å². The molecule has 164 valence electrons. The first-order chi connectivity index (χ1) is 15.6. The van der Waals surface area contributed by atoms with Gasteiger partial charge in [-0.1, -0.05) is 23.5 Å². The third-order valence-electron chi connectivity index (χ3n) is 5.41. The molecule has 9 nitrogen and oxygen atoms in total. The second-order valence-corrected chi connectivity index (χ2v) is 8.34. The van der Waals surface area contributed by atoms with Crippen LogP contribution in [0.15, 0.2) is 42.5 Å². The number of methoxy groups -OCH3 is 1. The SMILES string of the molecule is COc1cccc(-c2nnc(NC(=O)C3CCCN3C(=O)c3ccc4c(c3)OCO4)s2)c1. The van der Waals surface area contributed by atoms with Crippen LogP contribution in [0.5, 0.6) is 17.2 Å². The summed E-state index contributed by atoms with van der Waals surface area (Å²) in [5.41, 5.74) is 1.31. The van der Waals surface area contributed by atoms with Gasteiger partial charge in [0.15, 0.2) is 11.5 Å². The number of carbonyl (C=O) groups excluding carboxylic acids is 2. The zero-order valence-electron chi connectivity index (χ0n) is 17.2. The number of amides is 2. The Morgan fingerprint density at radius 3 is 2.91 bits per heavy atom. The van der Waals surface area contributed by atoms with Gasteiger partial charge in [-0.25, -0.2) is 0 Å². The van der Waals surface area contributed by atoms with E-state index in [9.17, 15) is 9.59 Å². The molecule has 0 saturated carbocycles. The number of hydrogen-bond donors (Lipinski definition) is 1. The van der Waals surface area contributed by atoms with Crippen LogP contribution in [-0.4, -0.2) is 53.4 Å². The van der Waals surface area contributed by atoms with Gasteiger partial charge >= 0.3 is 0 Å². The highest BCUT2D eigenvalue weighted by Gasteiger charge is 2.35. The molecule has 2 amide bonds. The molecule has 2 aliphatic heterocycles. The number of fused-ring (bicyclic) bond motifs is 1. The highest BCUT2D eigenvalue weighted by molar-refractivity contribution is 7.18. The minimum Gasteiger partial charge on any atom is -0.497 e. The largest absolute Gasteiger partial charge is 0.497 e. The first kappa shape index (κ1) is 20.3. The van der Waals surface area contributed by atoms with E-state index in [1.54, 1.807) is 30.2 Å². The van der Waals surface area contributed by atoms with Gasteiger partial charge in [-0.15, -0.1) is 10.2 Å². The Morgan fingerprint density at radius 1 is 1.16 bits per heavy atom. The van der Waals surface area contributed by atoms with Crippen LogP contribution in [0.1, 0.15) is 23.2 Å². The molecule has 1 unspecified atom stereocenters. The van der Waals surface area contributed by atoms with Gasteiger partial charge in [-0.05, 0) is 43.2 Å². The smallest absolute Gasteiger partial charge is 0.254 e.